The van der Waals surface area contributed by atoms with Crippen LogP contribution in [0.3, 0.4) is 0 Å². The maximum absolute atomic E-state index is 12.4. The number of benzene rings is 3. The van der Waals surface area contributed by atoms with E-state index in [1.807, 2.05) is 84.3 Å². The fourth-order valence-electron chi connectivity index (χ4n) is 3.02. The van der Waals surface area contributed by atoms with Crippen molar-refractivity contribution in [3.8, 4) is 17.1 Å². The lowest BCUT2D eigenvalue weighted by atomic mass is 10.2. The number of carbonyl (C=O) groups excluding carboxylic acids is 1. The van der Waals surface area contributed by atoms with E-state index in [1.165, 1.54) is 6.92 Å². The molecule has 0 fully saturated rings. The normalized spacial score (nSPS) is 11.4. The van der Waals surface area contributed by atoms with Crippen molar-refractivity contribution in [2.45, 2.75) is 19.0 Å². The Hall–Kier alpha value is -3.42. The SMILES string of the molecule is CC(=O)/C(=N\Nc1cccc(Cl)c1C)Sc1nnc(-c2ccccc2)n1-c1ccccc1. The van der Waals surface area contributed by atoms with E-state index in [1.54, 1.807) is 6.07 Å². The zero-order valence-corrected chi connectivity index (χ0v) is 19.1. The van der Waals surface area contributed by atoms with Crippen LogP contribution in [0.1, 0.15) is 12.5 Å². The van der Waals surface area contributed by atoms with Crippen molar-refractivity contribution in [3.63, 3.8) is 0 Å². The monoisotopic (exact) mass is 461 g/mol. The molecule has 0 saturated heterocycles. The molecule has 0 spiro atoms. The van der Waals surface area contributed by atoms with Gasteiger partial charge in [0.2, 0.25) is 5.16 Å². The number of Topliss-reactive ketones (excluding diaryl/α,β-unsaturated/α-hetero) is 1. The fourth-order valence-corrected chi connectivity index (χ4v) is 3.97. The van der Waals surface area contributed by atoms with Crippen molar-refractivity contribution in [2.24, 2.45) is 5.10 Å². The van der Waals surface area contributed by atoms with Crippen LogP contribution in [-0.2, 0) is 4.79 Å². The second-order valence-electron chi connectivity index (χ2n) is 6.94. The summed E-state index contributed by atoms with van der Waals surface area (Å²) < 4.78 is 1.92. The molecule has 1 heterocycles. The van der Waals surface area contributed by atoms with Gasteiger partial charge in [0.25, 0.3) is 0 Å². The molecule has 8 heteroatoms. The van der Waals surface area contributed by atoms with Gasteiger partial charge in [-0.05, 0) is 48.5 Å². The van der Waals surface area contributed by atoms with Gasteiger partial charge in [-0.15, -0.1) is 10.2 Å². The highest BCUT2D eigenvalue weighted by molar-refractivity contribution is 8.15. The maximum atomic E-state index is 12.4. The molecule has 0 amide bonds. The topological polar surface area (TPSA) is 72.2 Å². The molecule has 0 bridgehead atoms. The van der Waals surface area contributed by atoms with E-state index in [-0.39, 0.29) is 10.8 Å². The van der Waals surface area contributed by atoms with Gasteiger partial charge < -0.3 is 0 Å². The van der Waals surface area contributed by atoms with Gasteiger partial charge in [0.1, 0.15) is 0 Å². The number of rotatable bonds is 6. The molecule has 0 aliphatic heterocycles. The Balaban J connectivity index is 1.73. The second kappa shape index (κ2) is 9.80. The first kappa shape index (κ1) is 21.8. The van der Waals surface area contributed by atoms with E-state index >= 15 is 0 Å². The first-order valence-corrected chi connectivity index (χ1v) is 11.1. The van der Waals surface area contributed by atoms with Gasteiger partial charge in [-0.1, -0.05) is 66.2 Å². The van der Waals surface area contributed by atoms with Crippen molar-refractivity contribution in [1.29, 1.82) is 0 Å². The van der Waals surface area contributed by atoms with Gasteiger partial charge in [0.05, 0.1) is 5.69 Å². The third kappa shape index (κ3) is 4.74. The summed E-state index contributed by atoms with van der Waals surface area (Å²) in [4.78, 5) is 12.4. The summed E-state index contributed by atoms with van der Waals surface area (Å²) in [5.41, 5.74) is 6.35. The molecule has 32 heavy (non-hydrogen) atoms. The molecule has 0 aliphatic rings. The number of hydrazone groups is 1. The van der Waals surface area contributed by atoms with Crippen LogP contribution in [0.25, 0.3) is 17.1 Å². The summed E-state index contributed by atoms with van der Waals surface area (Å²) >= 11 is 7.35. The van der Waals surface area contributed by atoms with Crippen LogP contribution in [0.4, 0.5) is 5.69 Å². The van der Waals surface area contributed by atoms with Gasteiger partial charge in [0, 0.05) is 23.2 Å². The molecule has 160 valence electrons. The number of para-hydroxylation sites is 1. The quantitative estimate of drug-likeness (QED) is 0.165. The molecular formula is C24H20ClN5OS. The molecule has 0 atom stereocenters. The van der Waals surface area contributed by atoms with Crippen molar-refractivity contribution in [3.05, 3.63) is 89.4 Å². The zero-order valence-electron chi connectivity index (χ0n) is 17.5. The molecule has 3 aromatic carbocycles. The van der Waals surface area contributed by atoms with Crippen molar-refractivity contribution in [2.75, 3.05) is 5.43 Å². The molecule has 4 rings (SSSR count). The van der Waals surface area contributed by atoms with E-state index in [0.717, 1.165) is 34.3 Å². The lowest BCUT2D eigenvalue weighted by molar-refractivity contribution is -0.110. The third-order valence-electron chi connectivity index (χ3n) is 4.71. The molecule has 0 unspecified atom stereocenters. The van der Waals surface area contributed by atoms with Gasteiger partial charge in [-0.3, -0.25) is 14.8 Å². The molecule has 1 aromatic heterocycles. The van der Waals surface area contributed by atoms with E-state index in [4.69, 9.17) is 11.6 Å². The smallest absolute Gasteiger partial charge is 0.202 e. The summed E-state index contributed by atoms with van der Waals surface area (Å²) in [6.45, 7) is 3.36. The summed E-state index contributed by atoms with van der Waals surface area (Å²) in [6, 6.07) is 25.1. The van der Waals surface area contributed by atoms with Crippen LogP contribution >= 0.6 is 23.4 Å². The Kier molecular flexibility index (Phi) is 6.68. The average molecular weight is 462 g/mol. The summed E-state index contributed by atoms with van der Waals surface area (Å²) in [5, 5.41) is 14.5. The van der Waals surface area contributed by atoms with Gasteiger partial charge >= 0.3 is 0 Å². The summed E-state index contributed by atoms with van der Waals surface area (Å²) in [5.74, 6) is 0.493. The number of nitrogens with zero attached hydrogens (tertiary/aromatic N) is 4. The Morgan fingerprint density at radius 1 is 0.969 bits per heavy atom. The third-order valence-corrected chi connectivity index (χ3v) is 6.14. The number of carbonyl (C=O) groups is 1. The van der Waals surface area contributed by atoms with E-state index in [9.17, 15) is 4.79 Å². The highest BCUT2D eigenvalue weighted by Gasteiger charge is 2.20. The number of nitrogens with one attached hydrogen (secondary N) is 1. The minimum Gasteiger partial charge on any atom is -0.292 e. The van der Waals surface area contributed by atoms with Crippen LogP contribution < -0.4 is 5.43 Å². The number of ketones is 1. The van der Waals surface area contributed by atoms with Crippen molar-refractivity contribution in [1.82, 2.24) is 14.8 Å². The van der Waals surface area contributed by atoms with Crippen LogP contribution in [-0.4, -0.2) is 25.6 Å². The largest absolute Gasteiger partial charge is 0.292 e. The number of hydrogen-bond acceptors (Lipinski definition) is 6. The van der Waals surface area contributed by atoms with Gasteiger partial charge in [0.15, 0.2) is 16.7 Å². The van der Waals surface area contributed by atoms with Crippen LogP contribution in [0.5, 0.6) is 0 Å². The highest BCUT2D eigenvalue weighted by atomic mass is 35.5. The predicted octanol–water partition coefficient (Wildman–Crippen LogP) is 6.00. The number of hydrogen-bond donors (Lipinski definition) is 1. The van der Waals surface area contributed by atoms with E-state index in [2.05, 4.69) is 20.7 Å². The molecule has 0 saturated carbocycles. The molecule has 0 aliphatic carbocycles. The van der Waals surface area contributed by atoms with Crippen LogP contribution in [0.2, 0.25) is 5.02 Å². The maximum Gasteiger partial charge on any atom is 0.202 e. The summed E-state index contributed by atoms with van der Waals surface area (Å²) in [6.07, 6.45) is 0. The standard InChI is InChI=1S/C24H20ClN5OS/c1-16-20(25)14-9-15-21(16)26-28-23(17(2)31)32-24-29-27-22(18-10-5-3-6-11-18)30(24)19-12-7-4-8-13-19/h3-15,26H,1-2H3/b28-23+. The minimum atomic E-state index is -0.189. The Labute approximate surface area is 195 Å². The lowest BCUT2D eigenvalue weighted by Gasteiger charge is -2.11. The van der Waals surface area contributed by atoms with Gasteiger partial charge in [-0.25, -0.2) is 0 Å². The first-order chi connectivity index (χ1) is 15.5. The number of aromatic nitrogens is 3. The Morgan fingerprint density at radius 3 is 2.34 bits per heavy atom. The van der Waals surface area contributed by atoms with E-state index in [0.29, 0.717) is 16.0 Å². The Morgan fingerprint density at radius 2 is 1.66 bits per heavy atom. The first-order valence-electron chi connectivity index (χ1n) is 9.88. The minimum absolute atomic E-state index is 0.189. The molecule has 4 aromatic rings. The molecule has 1 N–H and O–H groups in total. The average Bonchev–Trinajstić information content (AvgIpc) is 3.23. The highest BCUT2D eigenvalue weighted by Crippen LogP contribution is 2.29. The number of halogens is 1. The molecule has 6 nitrogen and oxygen atoms in total. The number of thioether (sulfide) groups is 1. The van der Waals surface area contributed by atoms with E-state index < -0.39 is 0 Å². The molecule has 0 radical (unpaired) electrons. The number of anilines is 1. The van der Waals surface area contributed by atoms with Crippen molar-refractivity contribution >= 4 is 39.9 Å². The fraction of sp³-hybridized carbons (Fsp3) is 0.0833. The Bertz CT molecular complexity index is 1270. The lowest BCUT2D eigenvalue weighted by Crippen LogP contribution is -2.10. The van der Waals surface area contributed by atoms with Crippen molar-refractivity contribution < 1.29 is 4.79 Å². The second-order valence-corrected chi connectivity index (χ2v) is 8.31. The zero-order chi connectivity index (χ0) is 22.5. The van der Waals surface area contributed by atoms with Crippen LogP contribution in [0.15, 0.2) is 89.1 Å². The molecular weight excluding hydrogens is 442 g/mol. The summed E-state index contributed by atoms with van der Waals surface area (Å²) in [7, 11) is 0. The van der Waals surface area contributed by atoms with Gasteiger partial charge in [-0.2, -0.15) is 5.10 Å². The predicted molar refractivity (Wildman–Crippen MR) is 131 cm³/mol. The van der Waals surface area contributed by atoms with Crippen LogP contribution in [0, 0.1) is 6.92 Å².